The molecule has 126 valence electrons. The molecule has 0 aliphatic rings. The van der Waals surface area contributed by atoms with Crippen molar-refractivity contribution in [1.29, 1.82) is 0 Å². The van der Waals surface area contributed by atoms with Crippen molar-refractivity contribution in [2.24, 2.45) is 0 Å². The van der Waals surface area contributed by atoms with Crippen LogP contribution in [0.3, 0.4) is 0 Å². The Bertz CT molecular complexity index is 942. The van der Waals surface area contributed by atoms with Crippen LogP contribution in [0.15, 0.2) is 60.7 Å². The zero-order valence-corrected chi connectivity index (χ0v) is 16.4. The number of fused-ring (bicyclic) bond motifs is 1. The van der Waals surface area contributed by atoms with E-state index in [0.29, 0.717) is 11.3 Å². The van der Waals surface area contributed by atoms with E-state index in [-0.39, 0.29) is 11.0 Å². The molecule has 0 aliphatic heterocycles. The molecule has 0 atom stereocenters. The van der Waals surface area contributed by atoms with Gasteiger partial charge in [0.15, 0.2) is 5.11 Å². The number of carbonyl (C=O) groups excluding carboxylic acids is 1. The summed E-state index contributed by atoms with van der Waals surface area (Å²) in [5.41, 5.74) is 1.25. The maximum atomic E-state index is 12.6. The Morgan fingerprint density at radius 2 is 1.68 bits per heavy atom. The van der Waals surface area contributed by atoms with Crippen molar-refractivity contribution in [3.05, 3.63) is 69.8 Å². The summed E-state index contributed by atoms with van der Waals surface area (Å²) >= 11 is 7.46. The minimum atomic E-state index is -0.314. The lowest BCUT2D eigenvalue weighted by Gasteiger charge is -2.13. The number of benzene rings is 3. The monoisotopic (exact) mass is 462 g/mol. The van der Waals surface area contributed by atoms with E-state index >= 15 is 0 Å². The molecule has 0 spiro atoms. The van der Waals surface area contributed by atoms with E-state index < -0.39 is 0 Å². The van der Waals surface area contributed by atoms with Crippen LogP contribution in [-0.4, -0.2) is 18.1 Å². The van der Waals surface area contributed by atoms with Crippen molar-refractivity contribution < 1.29 is 9.53 Å². The zero-order chi connectivity index (χ0) is 17.8. The predicted molar refractivity (Wildman–Crippen MR) is 113 cm³/mol. The number of carbonyl (C=O) groups is 1. The standard InChI is InChI=1S/C19H15IN2O2S/c1-24-17-11-13-5-3-2-4-12(13)10-16(17)18(23)22-19(25)21-15-8-6-14(20)7-9-15/h2-11H,1H3,(H2,21,22,23,25). The number of ether oxygens (including phenoxy) is 1. The van der Waals surface area contributed by atoms with E-state index in [4.69, 9.17) is 17.0 Å². The van der Waals surface area contributed by atoms with Crippen LogP contribution in [0.1, 0.15) is 10.4 Å². The topological polar surface area (TPSA) is 50.4 Å². The SMILES string of the molecule is COc1cc2ccccc2cc1C(=O)NC(=S)Nc1ccc(I)cc1. The van der Waals surface area contributed by atoms with Gasteiger partial charge in [-0.15, -0.1) is 0 Å². The Morgan fingerprint density at radius 3 is 2.32 bits per heavy atom. The molecule has 4 nitrogen and oxygen atoms in total. The van der Waals surface area contributed by atoms with Crippen LogP contribution in [-0.2, 0) is 0 Å². The Balaban J connectivity index is 1.79. The Labute approximate surface area is 164 Å². The fourth-order valence-corrected chi connectivity index (χ4v) is 3.00. The summed E-state index contributed by atoms with van der Waals surface area (Å²) in [5, 5.41) is 7.91. The van der Waals surface area contributed by atoms with Gasteiger partial charge in [-0.1, -0.05) is 24.3 Å². The molecule has 25 heavy (non-hydrogen) atoms. The Hall–Kier alpha value is -2.19. The van der Waals surface area contributed by atoms with Crippen LogP contribution in [0.4, 0.5) is 5.69 Å². The van der Waals surface area contributed by atoms with Crippen LogP contribution in [0.5, 0.6) is 5.75 Å². The minimum Gasteiger partial charge on any atom is -0.496 e. The molecule has 0 fully saturated rings. The third-order valence-corrected chi connectivity index (χ3v) is 4.56. The van der Waals surface area contributed by atoms with Crippen molar-refractivity contribution >= 4 is 62.3 Å². The molecule has 1 amide bonds. The largest absolute Gasteiger partial charge is 0.496 e. The van der Waals surface area contributed by atoms with Gasteiger partial charge >= 0.3 is 0 Å². The highest BCUT2D eigenvalue weighted by atomic mass is 127. The number of methoxy groups -OCH3 is 1. The number of halogens is 1. The van der Waals surface area contributed by atoms with Gasteiger partial charge in [-0.3, -0.25) is 10.1 Å². The van der Waals surface area contributed by atoms with Crippen molar-refractivity contribution in [2.75, 3.05) is 12.4 Å². The Kier molecular flexibility index (Phi) is 5.50. The Morgan fingerprint density at radius 1 is 1.04 bits per heavy atom. The van der Waals surface area contributed by atoms with E-state index in [1.54, 1.807) is 13.2 Å². The van der Waals surface area contributed by atoms with Gasteiger partial charge in [0, 0.05) is 9.26 Å². The third-order valence-electron chi connectivity index (χ3n) is 3.64. The van der Waals surface area contributed by atoms with E-state index in [0.717, 1.165) is 20.0 Å². The first-order valence-electron chi connectivity index (χ1n) is 7.51. The number of hydrogen-bond acceptors (Lipinski definition) is 3. The lowest BCUT2D eigenvalue weighted by Crippen LogP contribution is -2.34. The molecule has 0 heterocycles. The van der Waals surface area contributed by atoms with Gasteiger partial charge in [-0.2, -0.15) is 0 Å². The second-order valence-electron chi connectivity index (χ2n) is 5.31. The second-order valence-corrected chi connectivity index (χ2v) is 6.97. The first kappa shape index (κ1) is 17.6. The summed E-state index contributed by atoms with van der Waals surface area (Å²) in [6.45, 7) is 0. The third kappa shape index (κ3) is 4.26. The van der Waals surface area contributed by atoms with Crippen LogP contribution in [0.2, 0.25) is 0 Å². The van der Waals surface area contributed by atoms with E-state index in [1.165, 1.54) is 0 Å². The molecule has 0 saturated heterocycles. The fraction of sp³-hybridized carbons (Fsp3) is 0.0526. The second kappa shape index (κ2) is 7.79. The van der Waals surface area contributed by atoms with Crippen LogP contribution >= 0.6 is 34.8 Å². The molecule has 0 unspecified atom stereocenters. The van der Waals surface area contributed by atoms with Gasteiger partial charge in [-0.05, 0) is 82.0 Å². The lowest BCUT2D eigenvalue weighted by molar-refractivity contribution is 0.0975. The van der Waals surface area contributed by atoms with Crippen molar-refractivity contribution in [2.45, 2.75) is 0 Å². The average molecular weight is 462 g/mol. The highest BCUT2D eigenvalue weighted by Crippen LogP contribution is 2.26. The van der Waals surface area contributed by atoms with Gasteiger partial charge in [0.05, 0.1) is 12.7 Å². The van der Waals surface area contributed by atoms with Gasteiger partial charge in [-0.25, -0.2) is 0 Å². The maximum Gasteiger partial charge on any atom is 0.261 e. The fourth-order valence-electron chi connectivity index (χ4n) is 2.43. The summed E-state index contributed by atoms with van der Waals surface area (Å²) in [6.07, 6.45) is 0. The van der Waals surface area contributed by atoms with Crippen molar-refractivity contribution in [3.8, 4) is 5.75 Å². The molecule has 3 aromatic rings. The quantitative estimate of drug-likeness (QED) is 0.442. The number of rotatable bonds is 3. The van der Waals surface area contributed by atoms with E-state index in [9.17, 15) is 4.79 Å². The van der Waals surface area contributed by atoms with E-state index in [1.807, 2.05) is 54.6 Å². The van der Waals surface area contributed by atoms with Crippen molar-refractivity contribution in [3.63, 3.8) is 0 Å². The van der Waals surface area contributed by atoms with Crippen molar-refractivity contribution in [1.82, 2.24) is 5.32 Å². The molecular formula is C19H15IN2O2S. The summed E-state index contributed by atoms with van der Waals surface area (Å²) in [6, 6.07) is 19.2. The number of amides is 1. The molecule has 0 bridgehead atoms. The summed E-state index contributed by atoms with van der Waals surface area (Å²) in [4.78, 5) is 12.6. The molecule has 0 aromatic heterocycles. The molecule has 0 saturated carbocycles. The normalized spacial score (nSPS) is 10.3. The molecule has 6 heteroatoms. The van der Waals surface area contributed by atoms with Gasteiger partial charge in [0.1, 0.15) is 5.75 Å². The first-order valence-corrected chi connectivity index (χ1v) is 9.00. The smallest absolute Gasteiger partial charge is 0.261 e. The van der Waals surface area contributed by atoms with Crippen LogP contribution < -0.4 is 15.4 Å². The zero-order valence-electron chi connectivity index (χ0n) is 13.4. The molecule has 2 N–H and O–H groups in total. The van der Waals surface area contributed by atoms with E-state index in [2.05, 4.69) is 33.2 Å². The summed E-state index contributed by atoms with van der Waals surface area (Å²) in [7, 11) is 1.54. The summed E-state index contributed by atoms with van der Waals surface area (Å²) < 4.78 is 6.49. The van der Waals surface area contributed by atoms with Gasteiger partial charge in [0.25, 0.3) is 5.91 Å². The molecule has 0 aliphatic carbocycles. The summed E-state index contributed by atoms with van der Waals surface area (Å²) in [5.74, 6) is 0.193. The molecule has 0 radical (unpaired) electrons. The molecular weight excluding hydrogens is 447 g/mol. The van der Waals surface area contributed by atoms with Gasteiger partial charge < -0.3 is 10.1 Å². The average Bonchev–Trinajstić information content (AvgIpc) is 2.62. The first-order chi connectivity index (χ1) is 12.1. The highest BCUT2D eigenvalue weighted by molar-refractivity contribution is 14.1. The predicted octanol–water partition coefficient (Wildman–Crippen LogP) is 4.58. The maximum absolute atomic E-state index is 12.6. The minimum absolute atomic E-state index is 0.237. The number of anilines is 1. The lowest BCUT2D eigenvalue weighted by atomic mass is 10.1. The number of nitrogens with one attached hydrogen (secondary N) is 2. The number of thiocarbonyl (C=S) groups is 1. The molecule has 3 aromatic carbocycles. The molecule has 3 rings (SSSR count). The van der Waals surface area contributed by atoms with Crippen LogP contribution in [0, 0.1) is 3.57 Å². The van der Waals surface area contributed by atoms with Crippen LogP contribution in [0.25, 0.3) is 10.8 Å². The number of hydrogen-bond donors (Lipinski definition) is 2. The highest BCUT2D eigenvalue weighted by Gasteiger charge is 2.15. The van der Waals surface area contributed by atoms with Gasteiger partial charge in [0.2, 0.25) is 0 Å².